The van der Waals surface area contributed by atoms with E-state index in [9.17, 15) is 14.0 Å². The van der Waals surface area contributed by atoms with E-state index in [1.165, 1.54) is 12.1 Å². The molecule has 9 nitrogen and oxygen atoms in total. The fourth-order valence-corrected chi connectivity index (χ4v) is 4.58. The summed E-state index contributed by atoms with van der Waals surface area (Å²) in [6.45, 7) is 11.7. The van der Waals surface area contributed by atoms with E-state index in [0.29, 0.717) is 29.1 Å². The average molecular weight is 595 g/mol. The van der Waals surface area contributed by atoms with Crippen molar-refractivity contribution in [2.24, 2.45) is 0 Å². The lowest BCUT2D eigenvalue weighted by molar-refractivity contribution is -0.136. The Kier molecular flexibility index (Phi) is 10.6. The van der Waals surface area contributed by atoms with Gasteiger partial charge < -0.3 is 24.4 Å². The molecule has 0 saturated carbocycles. The predicted molar refractivity (Wildman–Crippen MR) is 165 cm³/mol. The van der Waals surface area contributed by atoms with Crippen LogP contribution in [0.15, 0.2) is 54.7 Å². The normalized spacial score (nSPS) is 12.1. The van der Waals surface area contributed by atoms with Crippen molar-refractivity contribution in [2.75, 3.05) is 34.4 Å². The summed E-state index contributed by atoms with van der Waals surface area (Å²) >= 11 is 0. The second kappa shape index (κ2) is 13.8. The molecule has 0 fully saturated rings. The van der Waals surface area contributed by atoms with Crippen LogP contribution in [0.4, 0.5) is 9.18 Å². The molecular formula is C33H43FN4O5. The van der Waals surface area contributed by atoms with E-state index in [2.05, 4.69) is 5.32 Å². The van der Waals surface area contributed by atoms with Gasteiger partial charge in [0.15, 0.2) is 0 Å². The van der Waals surface area contributed by atoms with Crippen LogP contribution in [0.25, 0.3) is 16.8 Å². The average Bonchev–Trinajstić information content (AvgIpc) is 3.30. The first-order chi connectivity index (χ1) is 20.1. The topological polar surface area (TPSA) is 94.9 Å². The molecule has 0 atom stereocenters. The van der Waals surface area contributed by atoms with Crippen molar-refractivity contribution in [2.45, 2.75) is 59.1 Å². The minimum atomic E-state index is -0.786. The highest BCUT2D eigenvalue weighted by atomic mass is 19.1. The fourth-order valence-electron chi connectivity index (χ4n) is 4.58. The largest absolute Gasteiger partial charge is 0.497 e. The molecule has 232 valence electrons. The first-order valence-electron chi connectivity index (χ1n) is 14.2. The maximum absolute atomic E-state index is 14.1. The van der Waals surface area contributed by atoms with Crippen LogP contribution >= 0.6 is 0 Å². The van der Waals surface area contributed by atoms with Crippen molar-refractivity contribution in [1.29, 1.82) is 0 Å². The zero-order valence-corrected chi connectivity index (χ0v) is 26.6. The molecule has 43 heavy (non-hydrogen) atoms. The monoisotopic (exact) mass is 594 g/mol. The van der Waals surface area contributed by atoms with E-state index in [1.54, 1.807) is 62.7 Å². The van der Waals surface area contributed by atoms with E-state index in [1.807, 2.05) is 52.2 Å². The van der Waals surface area contributed by atoms with Crippen molar-refractivity contribution in [3.63, 3.8) is 0 Å². The van der Waals surface area contributed by atoms with E-state index >= 15 is 0 Å². The number of aromatic nitrogens is 2. The molecule has 0 aliphatic rings. The molecule has 0 unspecified atom stereocenters. The summed E-state index contributed by atoms with van der Waals surface area (Å²) < 4.78 is 32.2. The second-order valence-electron chi connectivity index (χ2n) is 12.1. The number of halogens is 1. The van der Waals surface area contributed by atoms with Crippen LogP contribution in [0.3, 0.4) is 0 Å². The van der Waals surface area contributed by atoms with Crippen LogP contribution in [-0.2, 0) is 26.2 Å². The van der Waals surface area contributed by atoms with Crippen LogP contribution in [-0.4, -0.2) is 66.7 Å². The van der Waals surface area contributed by atoms with Crippen LogP contribution < -0.4 is 10.1 Å². The smallest absolute Gasteiger partial charge is 0.407 e. The summed E-state index contributed by atoms with van der Waals surface area (Å²) in [6.07, 6.45) is 1.11. The molecule has 1 heterocycles. The zero-order valence-electron chi connectivity index (χ0n) is 26.6. The number of rotatable bonds is 11. The summed E-state index contributed by atoms with van der Waals surface area (Å²) in [4.78, 5) is 27.8. The SMILES string of the molecule is CCOC(=O)/C(=C\N(C)C)c1nn(Cc2ccc(OC)cc2)c(-c2ccc(F)cc2)c1C(C)(C)CNC(=O)OC(C)(C)C. The van der Waals surface area contributed by atoms with Gasteiger partial charge >= 0.3 is 12.1 Å². The van der Waals surface area contributed by atoms with Crippen molar-refractivity contribution < 1.29 is 28.2 Å². The lowest BCUT2D eigenvalue weighted by Crippen LogP contribution is -2.40. The van der Waals surface area contributed by atoms with Crippen molar-refractivity contribution in [3.05, 3.63) is 77.4 Å². The van der Waals surface area contributed by atoms with Crippen molar-refractivity contribution in [1.82, 2.24) is 20.0 Å². The Hall–Kier alpha value is -4.34. The molecule has 1 aromatic heterocycles. The van der Waals surface area contributed by atoms with Gasteiger partial charge in [0.1, 0.15) is 28.4 Å². The minimum absolute atomic E-state index is 0.162. The molecule has 1 N–H and O–H groups in total. The number of hydrogen-bond acceptors (Lipinski definition) is 7. The van der Waals surface area contributed by atoms with Gasteiger partial charge in [0.25, 0.3) is 0 Å². The molecule has 0 aliphatic heterocycles. The number of nitrogens with zero attached hydrogens (tertiary/aromatic N) is 3. The molecule has 0 bridgehead atoms. The number of benzene rings is 2. The van der Waals surface area contributed by atoms with E-state index in [-0.39, 0.29) is 24.5 Å². The third-order valence-corrected chi connectivity index (χ3v) is 6.45. The number of carbonyl (C=O) groups is 2. The van der Waals surface area contributed by atoms with Crippen LogP contribution in [0, 0.1) is 5.82 Å². The minimum Gasteiger partial charge on any atom is -0.497 e. The lowest BCUT2D eigenvalue weighted by Gasteiger charge is -2.29. The Labute approximate surface area is 253 Å². The third-order valence-electron chi connectivity index (χ3n) is 6.45. The molecule has 1 amide bonds. The molecule has 0 radical (unpaired) electrons. The van der Waals surface area contributed by atoms with Crippen LogP contribution in [0.1, 0.15) is 58.4 Å². The Bertz CT molecular complexity index is 1440. The van der Waals surface area contributed by atoms with Crippen LogP contribution in [0.2, 0.25) is 0 Å². The number of ether oxygens (including phenoxy) is 3. The molecule has 0 saturated heterocycles. The molecule has 3 rings (SSSR count). The first kappa shape index (κ1) is 33.2. The number of methoxy groups -OCH3 is 1. The molecular weight excluding hydrogens is 551 g/mol. The summed E-state index contributed by atoms with van der Waals surface area (Å²) in [7, 11) is 5.22. The number of alkyl carbamates (subject to hydrolysis) is 1. The first-order valence-corrected chi connectivity index (χ1v) is 14.2. The van der Waals surface area contributed by atoms with Gasteiger partial charge in [0.05, 0.1) is 26.0 Å². The molecule has 0 spiro atoms. The van der Waals surface area contributed by atoms with Gasteiger partial charge in [-0.1, -0.05) is 26.0 Å². The zero-order chi connectivity index (χ0) is 31.9. The number of hydrogen-bond donors (Lipinski definition) is 1. The van der Waals surface area contributed by atoms with Gasteiger partial charge in [-0.05, 0) is 69.7 Å². The van der Waals surface area contributed by atoms with Crippen molar-refractivity contribution in [3.8, 4) is 17.0 Å². The highest BCUT2D eigenvalue weighted by molar-refractivity contribution is 6.16. The maximum Gasteiger partial charge on any atom is 0.407 e. The quantitative estimate of drug-likeness (QED) is 0.215. The van der Waals surface area contributed by atoms with Gasteiger partial charge in [-0.3, -0.25) is 4.68 Å². The van der Waals surface area contributed by atoms with Gasteiger partial charge in [-0.2, -0.15) is 5.10 Å². The number of amides is 1. The summed E-state index contributed by atoms with van der Waals surface area (Å²) in [5, 5.41) is 7.89. The predicted octanol–water partition coefficient (Wildman–Crippen LogP) is 6.01. The fraction of sp³-hybridized carbons (Fsp3) is 0.424. The summed E-state index contributed by atoms with van der Waals surface area (Å²) in [6, 6.07) is 13.7. The van der Waals surface area contributed by atoms with Crippen LogP contribution in [0.5, 0.6) is 5.75 Å². The maximum atomic E-state index is 14.1. The summed E-state index contributed by atoms with van der Waals surface area (Å²) in [5.74, 6) is -0.192. The second-order valence-corrected chi connectivity index (χ2v) is 12.1. The van der Waals surface area contributed by atoms with Crippen molar-refractivity contribution >= 4 is 17.6 Å². The highest BCUT2D eigenvalue weighted by Crippen LogP contribution is 2.39. The molecule has 0 aliphatic carbocycles. The standard InChI is InChI=1S/C33H43FN4O5/c1-10-42-30(39)26(20-37(7)8)28-27(33(5,6)21-35-31(40)43-32(2,3)4)29(23-13-15-24(34)16-14-23)38(36-28)19-22-11-17-25(41-9)18-12-22/h11-18,20H,10,19,21H2,1-9H3,(H,35,40)/b26-20-. The summed E-state index contributed by atoms with van der Waals surface area (Å²) in [5.41, 5.74) is 2.19. The van der Waals surface area contributed by atoms with E-state index < -0.39 is 23.1 Å². The number of carbonyl (C=O) groups excluding carboxylic acids is 2. The van der Waals surface area contributed by atoms with Gasteiger partial charge in [0.2, 0.25) is 0 Å². The number of esters is 1. The Balaban J connectivity index is 2.30. The van der Waals surface area contributed by atoms with E-state index in [0.717, 1.165) is 11.3 Å². The number of nitrogens with one attached hydrogen (secondary N) is 1. The van der Waals surface area contributed by atoms with E-state index in [4.69, 9.17) is 19.3 Å². The lowest BCUT2D eigenvalue weighted by atomic mass is 9.80. The Morgan fingerprint density at radius 3 is 2.19 bits per heavy atom. The molecule has 10 heteroatoms. The molecule has 2 aromatic carbocycles. The van der Waals surface area contributed by atoms with Gasteiger partial charge in [-0.15, -0.1) is 0 Å². The Morgan fingerprint density at radius 2 is 1.65 bits per heavy atom. The molecule has 3 aromatic rings. The Morgan fingerprint density at radius 1 is 1.02 bits per heavy atom. The van der Waals surface area contributed by atoms with Gasteiger partial charge in [0, 0.05) is 43.4 Å². The third kappa shape index (κ3) is 8.83. The highest BCUT2D eigenvalue weighted by Gasteiger charge is 2.36. The van der Waals surface area contributed by atoms with Gasteiger partial charge in [-0.25, -0.2) is 14.0 Å².